The van der Waals surface area contributed by atoms with Crippen molar-refractivity contribution in [1.29, 1.82) is 0 Å². The number of hydrogen-bond donors (Lipinski definition) is 1. The quantitative estimate of drug-likeness (QED) is 0.848. The normalized spacial score (nSPS) is 21.6. The third-order valence-corrected chi connectivity index (χ3v) is 5.19. The minimum absolute atomic E-state index is 0.00884. The van der Waals surface area contributed by atoms with Crippen LogP contribution in [0.1, 0.15) is 48.0 Å². The maximum Gasteiger partial charge on any atom is 0.410 e. The summed E-state index contributed by atoms with van der Waals surface area (Å²) >= 11 is 0. The van der Waals surface area contributed by atoms with Crippen molar-refractivity contribution in [2.75, 3.05) is 24.6 Å². The standard InChI is InChI=1S/C15H30N2O4S/c1-14(2,3)17(13(18)21-15(4,5)6)9-8-16-12-7-10-22(19,20)11-12/h12,16H,7-11H2,1-6H3. The van der Waals surface area contributed by atoms with E-state index in [-0.39, 0.29) is 29.2 Å². The van der Waals surface area contributed by atoms with Crippen molar-refractivity contribution in [3.05, 3.63) is 0 Å². The number of carbonyl (C=O) groups excluding carboxylic acids is 1. The van der Waals surface area contributed by atoms with Crippen LogP contribution in [-0.4, -0.2) is 61.2 Å². The Hall–Kier alpha value is -0.820. The fourth-order valence-electron chi connectivity index (χ4n) is 2.35. The molecule has 1 heterocycles. The molecule has 1 N–H and O–H groups in total. The van der Waals surface area contributed by atoms with E-state index in [0.29, 0.717) is 19.5 Å². The minimum atomic E-state index is -2.88. The molecule has 1 aliphatic heterocycles. The van der Waals surface area contributed by atoms with E-state index in [1.165, 1.54) is 0 Å². The first-order valence-electron chi connectivity index (χ1n) is 7.75. The van der Waals surface area contributed by atoms with Crippen molar-refractivity contribution in [3.8, 4) is 0 Å². The number of sulfone groups is 1. The summed E-state index contributed by atoms with van der Waals surface area (Å²) in [6.45, 7) is 12.4. The van der Waals surface area contributed by atoms with Crippen molar-refractivity contribution < 1.29 is 17.9 Å². The van der Waals surface area contributed by atoms with Crippen molar-refractivity contribution >= 4 is 15.9 Å². The molecule has 1 rings (SSSR count). The number of nitrogens with one attached hydrogen (secondary N) is 1. The van der Waals surface area contributed by atoms with Gasteiger partial charge in [0.05, 0.1) is 11.5 Å². The van der Waals surface area contributed by atoms with E-state index < -0.39 is 15.4 Å². The lowest BCUT2D eigenvalue weighted by Crippen LogP contribution is -2.51. The van der Waals surface area contributed by atoms with Crippen LogP contribution < -0.4 is 5.32 Å². The van der Waals surface area contributed by atoms with Crippen LogP contribution in [0.5, 0.6) is 0 Å². The molecule has 0 radical (unpaired) electrons. The average molecular weight is 334 g/mol. The number of hydrogen-bond acceptors (Lipinski definition) is 5. The molecule has 1 atom stereocenters. The van der Waals surface area contributed by atoms with Gasteiger partial charge in [0, 0.05) is 24.7 Å². The number of nitrogens with zero attached hydrogens (tertiary/aromatic N) is 1. The van der Waals surface area contributed by atoms with Gasteiger partial charge in [0.25, 0.3) is 0 Å². The Morgan fingerprint density at radius 3 is 2.23 bits per heavy atom. The maximum atomic E-state index is 12.3. The van der Waals surface area contributed by atoms with E-state index in [4.69, 9.17) is 4.74 Å². The van der Waals surface area contributed by atoms with Gasteiger partial charge in [0.2, 0.25) is 0 Å². The summed E-state index contributed by atoms with van der Waals surface area (Å²) in [7, 11) is -2.88. The van der Waals surface area contributed by atoms with E-state index in [1.54, 1.807) is 4.90 Å². The average Bonchev–Trinajstić information content (AvgIpc) is 2.60. The lowest BCUT2D eigenvalue weighted by molar-refractivity contribution is 0.00650. The van der Waals surface area contributed by atoms with Gasteiger partial charge in [-0.25, -0.2) is 13.2 Å². The van der Waals surface area contributed by atoms with Gasteiger partial charge in [-0.05, 0) is 48.0 Å². The second kappa shape index (κ2) is 6.74. The first-order chi connectivity index (χ1) is 9.80. The van der Waals surface area contributed by atoms with Gasteiger partial charge < -0.3 is 15.0 Å². The molecule has 130 valence electrons. The summed E-state index contributed by atoms with van der Waals surface area (Å²) in [5, 5.41) is 3.23. The van der Waals surface area contributed by atoms with Gasteiger partial charge in [-0.15, -0.1) is 0 Å². The highest BCUT2D eigenvalue weighted by molar-refractivity contribution is 7.91. The summed E-state index contributed by atoms with van der Waals surface area (Å²) in [5.41, 5.74) is -0.890. The number of carbonyl (C=O) groups is 1. The van der Waals surface area contributed by atoms with Crippen molar-refractivity contribution in [3.63, 3.8) is 0 Å². The third-order valence-electron chi connectivity index (χ3n) is 3.42. The molecule has 0 aromatic carbocycles. The van der Waals surface area contributed by atoms with Gasteiger partial charge in [0.15, 0.2) is 9.84 Å². The van der Waals surface area contributed by atoms with E-state index in [9.17, 15) is 13.2 Å². The SMILES string of the molecule is CC(C)(C)OC(=O)N(CCNC1CCS(=O)(=O)C1)C(C)(C)C. The molecule has 7 heteroatoms. The van der Waals surface area contributed by atoms with Gasteiger partial charge >= 0.3 is 6.09 Å². The molecule has 0 bridgehead atoms. The Bertz CT molecular complexity index is 489. The molecular formula is C15H30N2O4S. The van der Waals surface area contributed by atoms with E-state index >= 15 is 0 Å². The molecule has 0 aliphatic carbocycles. The van der Waals surface area contributed by atoms with Crippen molar-refractivity contribution in [2.24, 2.45) is 0 Å². The van der Waals surface area contributed by atoms with Crippen LogP contribution in [0.15, 0.2) is 0 Å². The van der Waals surface area contributed by atoms with Gasteiger partial charge in [-0.1, -0.05) is 0 Å². The highest BCUT2D eigenvalue weighted by atomic mass is 32.2. The van der Waals surface area contributed by atoms with Gasteiger partial charge in [-0.2, -0.15) is 0 Å². The summed E-state index contributed by atoms with van der Waals surface area (Å²) in [6, 6.07) is -0.00884. The number of amides is 1. The second-order valence-corrected chi connectivity index (χ2v) is 10.1. The van der Waals surface area contributed by atoms with Crippen molar-refractivity contribution in [2.45, 2.75) is 65.1 Å². The molecule has 1 amide bonds. The lowest BCUT2D eigenvalue weighted by Gasteiger charge is -2.37. The van der Waals surface area contributed by atoms with E-state index in [2.05, 4.69) is 5.32 Å². The van der Waals surface area contributed by atoms with Gasteiger partial charge in [0.1, 0.15) is 5.60 Å². The smallest absolute Gasteiger partial charge is 0.410 e. The molecule has 22 heavy (non-hydrogen) atoms. The molecule has 1 aliphatic rings. The maximum absolute atomic E-state index is 12.3. The van der Waals surface area contributed by atoms with Crippen LogP contribution in [0.3, 0.4) is 0 Å². The topological polar surface area (TPSA) is 75.7 Å². The Kier molecular flexibility index (Phi) is 5.89. The predicted octanol–water partition coefficient (Wildman–Crippen LogP) is 1.80. The molecular weight excluding hydrogens is 304 g/mol. The summed E-state index contributed by atoms with van der Waals surface area (Å²) in [6.07, 6.45) is 0.297. The van der Waals surface area contributed by atoms with Crippen LogP contribution in [0.2, 0.25) is 0 Å². The molecule has 0 spiro atoms. The predicted molar refractivity (Wildman–Crippen MR) is 87.8 cm³/mol. The molecule has 0 aromatic heterocycles. The fraction of sp³-hybridized carbons (Fsp3) is 0.933. The molecule has 1 saturated heterocycles. The molecule has 1 unspecified atom stereocenters. The van der Waals surface area contributed by atoms with Crippen LogP contribution in [0.4, 0.5) is 4.79 Å². The van der Waals surface area contributed by atoms with E-state index in [0.717, 1.165) is 0 Å². The molecule has 0 saturated carbocycles. The summed E-state index contributed by atoms with van der Waals surface area (Å²) in [5.74, 6) is 0.439. The molecule has 0 aromatic rings. The Balaban J connectivity index is 2.55. The highest BCUT2D eigenvalue weighted by Crippen LogP contribution is 2.18. The van der Waals surface area contributed by atoms with Crippen LogP contribution >= 0.6 is 0 Å². The van der Waals surface area contributed by atoms with Crippen LogP contribution in [0.25, 0.3) is 0 Å². The zero-order chi connectivity index (χ0) is 17.2. The second-order valence-electron chi connectivity index (χ2n) is 7.86. The first-order valence-corrected chi connectivity index (χ1v) is 9.57. The fourth-order valence-corrected chi connectivity index (χ4v) is 4.06. The molecule has 6 nitrogen and oxygen atoms in total. The monoisotopic (exact) mass is 334 g/mol. The highest BCUT2D eigenvalue weighted by Gasteiger charge is 2.31. The van der Waals surface area contributed by atoms with E-state index in [1.807, 2.05) is 41.5 Å². The Morgan fingerprint density at radius 1 is 1.23 bits per heavy atom. The minimum Gasteiger partial charge on any atom is -0.444 e. The zero-order valence-corrected chi connectivity index (χ0v) is 15.4. The number of ether oxygens (including phenoxy) is 1. The first kappa shape index (κ1) is 19.2. The van der Waals surface area contributed by atoms with Crippen molar-refractivity contribution in [1.82, 2.24) is 10.2 Å². The summed E-state index contributed by atoms with van der Waals surface area (Å²) < 4.78 is 28.3. The number of rotatable bonds is 4. The Morgan fingerprint density at radius 2 is 1.82 bits per heavy atom. The largest absolute Gasteiger partial charge is 0.444 e. The Labute approximate surface area is 134 Å². The third kappa shape index (κ3) is 6.52. The summed E-state index contributed by atoms with van der Waals surface area (Å²) in [4.78, 5) is 14.0. The van der Waals surface area contributed by atoms with Gasteiger partial charge in [-0.3, -0.25) is 0 Å². The van der Waals surface area contributed by atoms with Crippen LogP contribution in [-0.2, 0) is 14.6 Å². The lowest BCUT2D eigenvalue weighted by atomic mass is 10.1. The van der Waals surface area contributed by atoms with Crippen LogP contribution in [0, 0.1) is 0 Å². The molecule has 1 fully saturated rings. The zero-order valence-electron chi connectivity index (χ0n) is 14.6.